The molecule has 0 unspecified atom stereocenters. The molecule has 4 aromatic rings. The van der Waals surface area contributed by atoms with Crippen molar-refractivity contribution in [1.82, 2.24) is 0 Å². The molecule has 0 bridgehead atoms. The third-order valence-electron chi connectivity index (χ3n) is 5.07. The fourth-order valence-electron chi connectivity index (χ4n) is 3.50. The number of benzene rings is 3. The molecule has 0 fully saturated rings. The molecule has 4 rings (SSSR count). The highest BCUT2D eigenvalue weighted by Gasteiger charge is 2.24. The van der Waals surface area contributed by atoms with Crippen molar-refractivity contribution in [2.75, 3.05) is 11.9 Å². The Morgan fingerprint density at radius 3 is 2.29 bits per heavy atom. The van der Waals surface area contributed by atoms with E-state index in [0.717, 1.165) is 11.1 Å². The number of halogens is 2. The summed E-state index contributed by atoms with van der Waals surface area (Å²) >= 11 is 12.0. The molecule has 0 radical (unpaired) electrons. The molecule has 0 aliphatic carbocycles. The van der Waals surface area contributed by atoms with Crippen LogP contribution in [0.2, 0.25) is 10.0 Å². The van der Waals surface area contributed by atoms with Crippen LogP contribution in [0, 0.1) is 11.3 Å². The number of anilines is 1. The zero-order chi connectivity index (χ0) is 23.9. The summed E-state index contributed by atoms with van der Waals surface area (Å²) in [6.07, 6.45) is 0.628. The van der Waals surface area contributed by atoms with Crippen LogP contribution >= 0.6 is 23.2 Å². The van der Waals surface area contributed by atoms with Crippen LogP contribution in [0.5, 0.6) is 5.75 Å². The lowest BCUT2D eigenvalue weighted by Crippen LogP contribution is -2.13. The van der Waals surface area contributed by atoms with E-state index in [0.29, 0.717) is 40.1 Å². The number of nitriles is 1. The lowest BCUT2D eigenvalue weighted by molar-refractivity contribution is -0.116. The van der Waals surface area contributed by atoms with E-state index in [4.69, 9.17) is 32.4 Å². The number of hydrogen-bond donors (Lipinski definition) is 1. The van der Waals surface area contributed by atoms with Crippen molar-refractivity contribution in [2.24, 2.45) is 0 Å². The van der Waals surface area contributed by atoms with Crippen molar-refractivity contribution in [3.63, 3.8) is 0 Å². The highest BCUT2D eigenvalue weighted by atomic mass is 35.5. The minimum Gasteiger partial charge on any atom is -0.492 e. The summed E-state index contributed by atoms with van der Waals surface area (Å²) < 4.78 is 11.7. The first-order valence-corrected chi connectivity index (χ1v) is 11.4. The van der Waals surface area contributed by atoms with Gasteiger partial charge >= 0.3 is 0 Å². The first-order chi connectivity index (χ1) is 16.6. The van der Waals surface area contributed by atoms with Gasteiger partial charge in [0.25, 0.3) is 0 Å². The molecule has 170 valence electrons. The van der Waals surface area contributed by atoms with Crippen molar-refractivity contribution >= 4 is 35.0 Å². The quantitative estimate of drug-likeness (QED) is 0.258. The van der Waals surface area contributed by atoms with E-state index in [1.807, 2.05) is 60.7 Å². The topological polar surface area (TPSA) is 75.3 Å². The summed E-state index contributed by atoms with van der Waals surface area (Å²) in [5, 5.41) is 13.6. The second kappa shape index (κ2) is 10.9. The summed E-state index contributed by atoms with van der Waals surface area (Å²) in [6.45, 7) is 0.294. The summed E-state index contributed by atoms with van der Waals surface area (Å²) in [6, 6.07) is 26.2. The molecule has 34 heavy (non-hydrogen) atoms. The maximum absolute atomic E-state index is 12.6. The van der Waals surface area contributed by atoms with Crippen LogP contribution < -0.4 is 10.1 Å². The van der Waals surface area contributed by atoms with Crippen LogP contribution in [0.4, 0.5) is 5.88 Å². The predicted molar refractivity (Wildman–Crippen MR) is 134 cm³/mol. The summed E-state index contributed by atoms with van der Waals surface area (Å²) in [4.78, 5) is 12.6. The van der Waals surface area contributed by atoms with Crippen molar-refractivity contribution in [3.05, 3.63) is 94.5 Å². The van der Waals surface area contributed by atoms with Crippen LogP contribution in [-0.2, 0) is 4.79 Å². The molecule has 1 N–H and O–H groups in total. The normalized spacial score (nSPS) is 10.5. The smallest absolute Gasteiger partial charge is 0.226 e. The van der Waals surface area contributed by atoms with Gasteiger partial charge in [-0.25, -0.2) is 0 Å². The number of ether oxygens (including phenoxy) is 1. The first kappa shape index (κ1) is 23.4. The lowest BCUT2D eigenvalue weighted by atomic mass is 9.98. The van der Waals surface area contributed by atoms with Crippen LogP contribution in [0.15, 0.2) is 83.3 Å². The van der Waals surface area contributed by atoms with E-state index < -0.39 is 0 Å². The van der Waals surface area contributed by atoms with Crippen molar-refractivity contribution in [3.8, 4) is 34.3 Å². The van der Waals surface area contributed by atoms with Gasteiger partial charge in [0.05, 0.1) is 11.6 Å². The van der Waals surface area contributed by atoms with Crippen LogP contribution in [0.25, 0.3) is 22.5 Å². The monoisotopic (exact) mass is 490 g/mol. The van der Waals surface area contributed by atoms with Gasteiger partial charge in [-0.05, 0) is 30.2 Å². The Balaban J connectivity index is 1.50. The average Bonchev–Trinajstić information content (AvgIpc) is 3.22. The Hall–Kier alpha value is -3.72. The Morgan fingerprint density at radius 2 is 1.65 bits per heavy atom. The maximum Gasteiger partial charge on any atom is 0.226 e. The minimum atomic E-state index is -0.282. The van der Waals surface area contributed by atoms with Crippen molar-refractivity contribution < 1.29 is 13.9 Å². The second-order valence-electron chi connectivity index (χ2n) is 7.43. The summed E-state index contributed by atoms with van der Waals surface area (Å²) in [7, 11) is 0. The molecular weight excluding hydrogens is 471 g/mol. The molecule has 5 nitrogen and oxygen atoms in total. The molecule has 7 heteroatoms. The van der Waals surface area contributed by atoms with Gasteiger partial charge in [0.2, 0.25) is 11.8 Å². The molecule has 3 aromatic carbocycles. The van der Waals surface area contributed by atoms with E-state index in [9.17, 15) is 10.1 Å². The van der Waals surface area contributed by atoms with Gasteiger partial charge in [-0.2, -0.15) is 5.26 Å². The molecule has 0 saturated heterocycles. The number of amides is 1. The van der Waals surface area contributed by atoms with E-state index in [-0.39, 0.29) is 23.8 Å². The van der Waals surface area contributed by atoms with E-state index in [1.165, 1.54) is 0 Å². The number of carbonyl (C=O) groups is 1. The van der Waals surface area contributed by atoms with Gasteiger partial charge in [-0.15, -0.1) is 0 Å². The van der Waals surface area contributed by atoms with Gasteiger partial charge in [-0.3, -0.25) is 10.1 Å². The number of rotatable bonds is 8. The fraction of sp³-hybridized carbons (Fsp3) is 0.111. The maximum atomic E-state index is 12.6. The molecule has 1 aromatic heterocycles. The molecule has 0 atom stereocenters. The third kappa shape index (κ3) is 5.43. The highest BCUT2D eigenvalue weighted by molar-refractivity contribution is 6.35. The predicted octanol–water partition coefficient (Wildman–Crippen LogP) is 7.59. The Kier molecular flexibility index (Phi) is 7.54. The Labute approximate surface area is 207 Å². The molecule has 1 amide bonds. The van der Waals surface area contributed by atoms with Gasteiger partial charge in [0, 0.05) is 22.6 Å². The zero-order valence-corrected chi connectivity index (χ0v) is 19.6. The third-order valence-corrected chi connectivity index (χ3v) is 5.60. The highest BCUT2D eigenvalue weighted by Crippen LogP contribution is 2.41. The molecule has 0 aliphatic heterocycles. The summed E-state index contributed by atoms with van der Waals surface area (Å²) in [5.74, 6) is 0.880. The van der Waals surface area contributed by atoms with Gasteiger partial charge in [-0.1, -0.05) is 83.9 Å². The van der Waals surface area contributed by atoms with Crippen molar-refractivity contribution in [2.45, 2.75) is 12.8 Å². The standard InChI is InChI=1S/C27H20Cl2N2O3/c28-20-13-14-23(22(29)16-20)33-15-7-12-24(32)31-27-21(17-30)25(18-8-3-1-4-9-18)26(34-27)19-10-5-2-6-11-19/h1-6,8-11,13-14,16H,7,12,15H2,(H,31,32). The fourth-order valence-corrected chi connectivity index (χ4v) is 3.96. The molecule has 1 heterocycles. The van der Waals surface area contributed by atoms with Gasteiger partial charge < -0.3 is 9.15 Å². The SMILES string of the molecule is N#Cc1c(NC(=O)CCCOc2ccc(Cl)cc2Cl)oc(-c2ccccc2)c1-c1ccccc1. The second-order valence-corrected chi connectivity index (χ2v) is 8.27. The van der Waals surface area contributed by atoms with Crippen molar-refractivity contribution in [1.29, 1.82) is 5.26 Å². The molecule has 0 aliphatic rings. The summed E-state index contributed by atoms with van der Waals surface area (Å²) in [5.41, 5.74) is 2.56. The van der Waals surface area contributed by atoms with E-state index >= 15 is 0 Å². The number of hydrogen-bond acceptors (Lipinski definition) is 4. The Morgan fingerprint density at radius 1 is 0.971 bits per heavy atom. The molecule has 0 saturated carbocycles. The van der Waals surface area contributed by atoms with Gasteiger partial charge in [0.15, 0.2) is 0 Å². The van der Waals surface area contributed by atoms with Crippen LogP contribution in [0.1, 0.15) is 18.4 Å². The number of nitrogens with one attached hydrogen (secondary N) is 1. The zero-order valence-electron chi connectivity index (χ0n) is 18.1. The number of carbonyl (C=O) groups excluding carboxylic acids is 1. The average molecular weight is 491 g/mol. The van der Waals surface area contributed by atoms with Gasteiger partial charge in [0.1, 0.15) is 23.1 Å². The first-order valence-electron chi connectivity index (χ1n) is 10.6. The Bertz CT molecular complexity index is 1330. The number of furan rings is 1. The molecule has 0 spiro atoms. The molecular formula is C27H20Cl2N2O3. The van der Waals surface area contributed by atoms with Crippen LogP contribution in [0.3, 0.4) is 0 Å². The largest absolute Gasteiger partial charge is 0.492 e. The lowest BCUT2D eigenvalue weighted by Gasteiger charge is -2.08. The van der Waals surface area contributed by atoms with Crippen LogP contribution in [-0.4, -0.2) is 12.5 Å². The number of nitrogens with zero attached hydrogens (tertiary/aromatic N) is 1. The minimum absolute atomic E-state index is 0.131. The van der Waals surface area contributed by atoms with E-state index in [1.54, 1.807) is 18.2 Å². The van der Waals surface area contributed by atoms with E-state index in [2.05, 4.69) is 11.4 Å².